The molecule has 3 rings (SSSR count). The van der Waals surface area contributed by atoms with Crippen molar-refractivity contribution in [2.24, 2.45) is 0 Å². The van der Waals surface area contributed by atoms with Crippen LogP contribution in [0.3, 0.4) is 0 Å². The summed E-state index contributed by atoms with van der Waals surface area (Å²) in [5.41, 5.74) is 1.95. The van der Waals surface area contributed by atoms with E-state index in [-0.39, 0.29) is 0 Å². The molecule has 0 aliphatic carbocycles. The lowest BCUT2D eigenvalue weighted by molar-refractivity contribution is 0.297. The zero-order chi connectivity index (χ0) is 14.7. The number of fused-ring (bicyclic) bond motifs is 1. The number of aryl methyl sites for hydroxylation is 1. The van der Waals surface area contributed by atoms with Gasteiger partial charge in [0.2, 0.25) is 0 Å². The van der Waals surface area contributed by atoms with Crippen molar-refractivity contribution >= 4 is 5.82 Å². The summed E-state index contributed by atoms with van der Waals surface area (Å²) in [6.45, 7) is 3.45. The second-order valence-corrected chi connectivity index (χ2v) is 4.88. The minimum absolute atomic E-state index is 0.675. The number of nitrogens with zero attached hydrogens (tertiary/aromatic N) is 2. The largest absolute Gasteiger partial charge is 0.490 e. The Kier molecular flexibility index (Phi) is 3.90. The van der Waals surface area contributed by atoms with Gasteiger partial charge in [-0.15, -0.1) is 0 Å². The summed E-state index contributed by atoms with van der Waals surface area (Å²) < 4.78 is 11.4. The van der Waals surface area contributed by atoms with E-state index in [2.05, 4.69) is 22.2 Å². The van der Waals surface area contributed by atoms with Gasteiger partial charge in [0.25, 0.3) is 0 Å². The van der Waals surface area contributed by atoms with Crippen LogP contribution in [0.15, 0.2) is 24.3 Å². The Bertz CT molecular complexity index is 621. The van der Waals surface area contributed by atoms with E-state index >= 15 is 0 Å². The summed E-state index contributed by atoms with van der Waals surface area (Å²) in [6.07, 6.45) is 1.77. The highest BCUT2D eigenvalue weighted by Gasteiger charge is 2.13. The predicted molar refractivity (Wildman–Crippen MR) is 82.0 cm³/mol. The lowest BCUT2D eigenvalue weighted by Gasteiger charge is -2.10. The molecule has 0 spiro atoms. The fourth-order valence-corrected chi connectivity index (χ4v) is 2.24. The number of anilines is 1. The molecule has 1 aromatic carbocycles. The smallest absolute Gasteiger partial charge is 0.161 e. The summed E-state index contributed by atoms with van der Waals surface area (Å²) in [6, 6.07) is 7.82. The van der Waals surface area contributed by atoms with E-state index in [9.17, 15) is 0 Å². The summed E-state index contributed by atoms with van der Waals surface area (Å²) in [7, 11) is 1.86. The SMILES string of the molecule is CCc1cc(NC)nc(-c2ccc3c(c2)OCCCO3)n1. The molecule has 0 saturated carbocycles. The molecule has 21 heavy (non-hydrogen) atoms. The Hall–Kier alpha value is -2.30. The first-order chi connectivity index (χ1) is 10.3. The molecular formula is C16H19N3O2. The molecule has 0 fully saturated rings. The van der Waals surface area contributed by atoms with Crippen LogP contribution in [-0.2, 0) is 6.42 Å². The molecule has 0 amide bonds. The maximum atomic E-state index is 5.73. The third-order valence-electron chi connectivity index (χ3n) is 3.40. The lowest BCUT2D eigenvalue weighted by Crippen LogP contribution is -2.00. The first-order valence-electron chi connectivity index (χ1n) is 7.26. The van der Waals surface area contributed by atoms with Crippen LogP contribution in [0.1, 0.15) is 19.0 Å². The molecule has 2 heterocycles. The van der Waals surface area contributed by atoms with E-state index in [1.54, 1.807) is 0 Å². The molecule has 1 aliphatic rings. The predicted octanol–water partition coefficient (Wildman–Crippen LogP) is 2.91. The number of nitrogens with one attached hydrogen (secondary N) is 1. The van der Waals surface area contributed by atoms with Gasteiger partial charge in [-0.1, -0.05) is 6.92 Å². The molecule has 1 aliphatic heterocycles. The maximum absolute atomic E-state index is 5.73. The monoisotopic (exact) mass is 285 g/mol. The first-order valence-corrected chi connectivity index (χ1v) is 7.26. The standard InChI is InChI=1S/C16H19N3O2/c1-3-12-10-15(17-2)19-16(18-12)11-5-6-13-14(9-11)21-8-4-7-20-13/h5-6,9-10H,3-4,7-8H2,1-2H3,(H,17,18,19). The molecule has 0 atom stereocenters. The number of benzene rings is 1. The minimum Gasteiger partial charge on any atom is -0.490 e. The van der Waals surface area contributed by atoms with Crippen LogP contribution in [0.25, 0.3) is 11.4 Å². The van der Waals surface area contributed by atoms with Gasteiger partial charge < -0.3 is 14.8 Å². The van der Waals surface area contributed by atoms with Gasteiger partial charge in [-0.25, -0.2) is 9.97 Å². The number of ether oxygens (including phenoxy) is 2. The minimum atomic E-state index is 0.675. The summed E-state index contributed by atoms with van der Waals surface area (Å²) in [4.78, 5) is 9.12. The Morgan fingerprint density at radius 1 is 1.10 bits per heavy atom. The highest BCUT2D eigenvalue weighted by atomic mass is 16.5. The second-order valence-electron chi connectivity index (χ2n) is 4.88. The van der Waals surface area contributed by atoms with Crippen LogP contribution in [0.4, 0.5) is 5.82 Å². The van der Waals surface area contributed by atoms with Crippen LogP contribution >= 0.6 is 0 Å². The second kappa shape index (κ2) is 5.99. The summed E-state index contributed by atoms with van der Waals surface area (Å²) in [5, 5.41) is 3.08. The first kappa shape index (κ1) is 13.7. The Labute approximate surface area is 124 Å². The Balaban J connectivity index is 2.02. The van der Waals surface area contributed by atoms with Gasteiger partial charge in [-0.05, 0) is 24.6 Å². The summed E-state index contributed by atoms with van der Waals surface area (Å²) in [5.74, 6) is 3.08. The van der Waals surface area contributed by atoms with Gasteiger partial charge in [0.15, 0.2) is 17.3 Å². The molecule has 1 N–H and O–H groups in total. The van der Waals surface area contributed by atoms with Crippen molar-refractivity contribution in [3.8, 4) is 22.9 Å². The number of hydrogen-bond acceptors (Lipinski definition) is 5. The van der Waals surface area contributed by atoms with Gasteiger partial charge >= 0.3 is 0 Å². The molecule has 0 unspecified atom stereocenters. The van der Waals surface area contributed by atoms with Crippen molar-refractivity contribution in [3.05, 3.63) is 30.0 Å². The van der Waals surface area contributed by atoms with Crippen molar-refractivity contribution in [2.75, 3.05) is 25.6 Å². The van der Waals surface area contributed by atoms with Crippen LogP contribution in [-0.4, -0.2) is 30.2 Å². The molecular weight excluding hydrogens is 266 g/mol. The average Bonchev–Trinajstić information content (AvgIpc) is 2.78. The molecule has 0 radical (unpaired) electrons. The van der Waals surface area contributed by atoms with E-state index in [4.69, 9.17) is 9.47 Å². The van der Waals surface area contributed by atoms with E-state index in [0.29, 0.717) is 19.0 Å². The zero-order valence-corrected chi connectivity index (χ0v) is 12.3. The Morgan fingerprint density at radius 3 is 2.67 bits per heavy atom. The van der Waals surface area contributed by atoms with Crippen molar-refractivity contribution in [2.45, 2.75) is 19.8 Å². The van der Waals surface area contributed by atoms with E-state index in [1.165, 1.54) is 0 Å². The van der Waals surface area contributed by atoms with Gasteiger partial charge in [0, 0.05) is 30.8 Å². The third-order valence-corrected chi connectivity index (χ3v) is 3.40. The zero-order valence-electron chi connectivity index (χ0n) is 12.3. The normalized spacial score (nSPS) is 13.6. The topological polar surface area (TPSA) is 56.3 Å². The van der Waals surface area contributed by atoms with Gasteiger partial charge in [-0.2, -0.15) is 0 Å². The van der Waals surface area contributed by atoms with Crippen LogP contribution < -0.4 is 14.8 Å². The van der Waals surface area contributed by atoms with Gasteiger partial charge in [0.05, 0.1) is 13.2 Å². The van der Waals surface area contributed by atoms with Crippen LogP contribution in [0.5, 0.6) is 11.5 Å². The average molecular weight is 285 g/mol. The fourth-order valence-electron chi connectivity index (χ4n) is 2.24. The van der Waals surface area contributed by atoms with Crippen molar-refractivity contribution in [3.63, 3.8) is 0 Å². The maximum Gasteiger partial charge on any atom is 0.161 e. The van der Waals surface area contributed by atoms with Crippen molar-refractivity contribution < 1.29 is 9.47 Å². The van der Waals surface area contributed by atoms with E-state index < -0.39 is 0 Å². The molecule has 1 aromatic heterocycles. The summed E-state index contributed by atoms with van der Waals surface area (Å²) >= 11 is 0. The molecule has 5 nitrogen and oxygen atoms in total. The fraction of sp³-hybridized carbons (Fsp3) is 0.375. The van der Waals surface area contributed by atoms with Crippen molar-refractivity contribution in [1.82, 2.24) is 9.97 Å². The molecule has 0 saturated heterocycles. The molecule has 110 valence electrons. The Morgan fingerprint density at radius 2 is 1.90 bits per heavy atom. The third kappa shape index (κ3) is 2.91. The van der Waals surface area contributed by atoms with Gasteiger partial charge in [-0.3, -0.25) is 0 Å². The molecule has 5 heteroatoms. The van der Waals surface area contributed by atoms with E-state index in [1.807, 2.05) is 31.3 Å². The molecule has 2 aromatic rings. The van der Waals surface area contributed by atoms with Gasteiger partial charge in [0.1, 0.15) is 5.82 Å². The molecule has 0 bridgehead atoms. The van der Waals surface area contributed by atoms with E-state index in [0.717, 1.165) is 41.4 Å². The number of aromatic nitrogens is 2. The van der Waals surface area contributed by atoms with Crippen molar-refractivity contribution in [1.29, 1.82) is 0 Å². The number of rotatable bonds is 3. The lowest BCUT2D eigenvalue weighted by atomic mass is 10.1. The van der Waals surface area contributed by atoms with Crippen LogP contribution in [0.2, 0.25) is 0 Å². The quantitative estimate of drug-likeness (QED) is 0.939. The van der Waals surface area contributed by atoms with Crippen LogP contribution in [0, 0.1) is 0 Å². The highest BCUT2D eigenvalue weighted by Crippen LogP contribution is 2.33. The highest BCUT2D eigenvalue weighted by molar-refractivity contribution is 5.62. The number of hydrogen-bond donors (Lipinski definition) is 1.